The monoisotopic (exact) mass is 613 g/mol. The van der Waals surface area contributed by atoms with Crippen molar-refractivity contribution in [1.29, 1.82) is 0 Å². The molecule has 1 saturated heterocycles. The number of likely N-dealkylation sites (tertiary alicyclic amines) is 1. The third-order valence-electron chi connectivity index (χ3n) is 7.58. The molecule has 3 aromatic carbocycles. The topological polar surface area (TPSA) is 62.3 Å². The molecule has 0 atom stereocenters. The van der Waals surface area contributed by atoms with Crippen molar-refractivity contribution in [3.8, 4) is 11.1 Å². The third kappa shape index (κ3) is 6.77. The summed E-state index contributed by atoms with van der Waals surface area (Å²) in [7, 11) is 0. The van der Waals surface area contributed by atoms with Crippen molar-refractivity contribution < 1.29 is 31.5 Å². The lowest BCUT2D eigenvalue weighted by Gasteiger charge is -2.31. The van der Waals surface area contributed by atoms with Crippen LogP contribution in [0.3, 0.4) is 0 Å². The van der Waals surface area contributed by atoms with E-state index in [0.29, 0.717) is 48.3 Å². The Balaban J connectivity index is 1.20. The zero-order valence-corrected chi connectivity index (χ0v) is 23.9. The first-order valence-corrected chi connectivity index (χ1v) is 14.7. The molecule has 5 rings (SSSR count). The number of piperidine rings is 1. The largest absolute Gasteiger partial charge is 0.416 e. The molecule has 2 amide bonds. The Labute approximate surface area is 249 Å². The summed E-state index contributed by atoms with van der Waals surface area (Å²) in [5.41, 5.74) is 1.25. The van der Waals surface area contributed by atoms with Crippen LogP contribution in [0.5, 0.6) is 0 Å². The normalized spacial score (nSPS) is 14.5. The molecule has 0 aliphatic carbocycles. The second kappa shape index (κ2) is 12.2. The number of benzene rings is 3. The average Bonchev–Trinajstić information content (AvgIpc) is 3.51. The van der Waals surface area contributed by atoms with E-state index in [1.54, 1.807) is 34.5 Å². The van der Waals surface area contributed by atoms with Gasteiger partial charge >= 0.3 is 6.18 Å². The fraction of sp³-hybridized carbons (Fsp3) is 0.281. The molecule has 1 fully saturated rings. The van der Waals surface area contributed by atoms with E-state index in [9.17, 15) is 31.5 Å². The van der Waals surface area contributed by atoms with Crippen LogP contribution in [0.2, 0.25) is 0 Å². The number of halogens is 5. The highest BCUT2D eigenvalue weighted by Gasteiger charge is 2.31. The minimum atomic E-state index is -4.44. The van der Waals surface area contributed by atoms with Gasteiger partial charge in [0.2, 0.25) is 0 Å². The number of rotatable bonds is 7. The van der Waals surface area contributed by atoms with Crippen molar-refractivity contribution in [2.75, 3.05) is 18.4 Å². The molecular weight excluding hydrogens is 585 g/mol. The summed E-state index contributed by atoms with van der Waals surface area (Å²) >= 11 is 1.36. The van der Waals surface area contributed by atoms with E-state index in [0.717, 1.165) is 17.1 Å². The maximum atomic E-state index is 13.9. The van der Waals surface area contributed by atoms with Crippen LogP contribution in [0, 0.1) is 0 Å². The Bertz CT molecular complexity index is 1590. The highest BCUT2D eigenvalue weighted by Crippen LogP contribution is 2.35. The van der Waals surface area contributed by atoms with E-state index in [2.05, 4.69) is 10.3 Å². The lowest BCUT2D eigenvalue weighted by molar-refractivity contribution is -0.137. The minimum absolute atomic E-state index is 0.0521. The number of amides is 2. The van der Waals surface area contributed by atoms with Crippen LogP contribution in [0.4, 0.5) is 27.6 Å². The molecule has 1 N–H and O–H groups in total. The quantitative estimate of drug-likeness (QED) is 0.212. The summed E-state index contributed by atoms with van der Waals surface area (Å²) < 4.78 is 66.7. The number of hydrogen-bond donors (Lipinski definition) is 1. The summed E-state index contributed by atoms with van der Waals surface area (Å²) in [4.78, 5) is 32.4. The number of aromatic nitrogens is 1. The molecule has 4 aromatic rings. The molecule has 43 heavy (non-hydrogen) atoms. The van der Waals surface area contributed by atoms with Gasteiger partial charge in [0, 0.05) is 47.6 Å². The summed E-state index contributed by atoms with van der Waals surface area (Å²) in [5, 5.41) is 5.13. The maximum Gasteiger partial charge on any atom is 0.416 e. The van der Waals surface area contributed by atoms with E-state index in [1.165, 1.54) is 54.7 Å². The van der Waals surface area contributed by atoms with Crippen LogP contribution in [0.25, 0.3) is 11.1 Å². The predicted molar refractivity (Wildman–Crippen MR) is 155 cm³/mol. The summed E-state index contributed by atoms with van der Waals surface area (Å²) in [6.07, 6.45) is -3.49. The second-order valence-electron chi connectivity index (χ2n) is 10.3. The van der Waals surface area contributed by atoms with Gasteiger partial charge in [0.05, 0.1) is 10.6 Å². The lowest BCUT2D eigenvalue weighted by atomic mass is 9.94. The van der Waals surface area contributed by atoms with Crippen LogP contribution in [-0.4, -0.2) is 34.8 Å². The molecule has 2 heterocycles. The van der Waals surface area contributed by atoms with Crippen molar-refractivity contribution in [2.24, 2.45) is 0 Å². The number of carbonyl (C=O) groups excluding carboxylic acids is 2. The molecule has 0 radical (unpaired) electrons. The van der Waals surface area contributed by atoms with Gasteiger partial charge < -0.3 is 10.2 Å². The Hall–Kier alpha value is -4.12. The van der Waals surface area contributed by atoms with Gasteiger partial charge in [-0.15, -0.1) is 11.3 Å². The highest BCUT2D eigenvalue weighted by molar-refractivity contribution is 7.10. The molecule has 0 spiro atoms. The molecular formula is C32H28F5N3O2S. The predicted octanol–water partition coefficient (Wildman–Crippen LogP) is 8.60. The number of carbonyl (C=O) groups is 2. The van der Waals surface area contributed by atoms with Gasteiger partial charge in [0.15, 0.2) is 0 Å². The SMILES string of the molecule is CCC(F)(F)c1ccc(NC(=O)c2csc(C3CCN(C(=O)c4ccccc4-c4ccc(C(F)(F)F)cc4)CC3)n2)cc1. The van der Waals surface area contributed by atoms with E-state index in [1.807, 2.05) is 0 Å². The number of anilines is 1. The molecule has 1 aliphatic rings. The second-order valence-corrected chi connectivity index (χ2v) is 11.2. The molecule has 224 valence electrons. The van der Waals surface area contributed by atoms with Gasteiger partial charge in [-0.25, -0.2) is 13.8 Å². The Kier molecular flexibility index (Phi) is 8.64. The first kappa shape index (κ1) is 30.3. The Morgan fingerprint density at radius 1 is 0.907 bits per heavy atom. The van der Waals surface area contributed by atoms with E-state index in [-0.39, 0.29) is 29.5 Å². The van der Waals surface area contributed by atoms with Gasteiger partial charge in [-0.3, -0.25) is 9.59 Å². The standard InChI is InChI=1S/C32H28F5N3O2S/c1-2-31(33,34)22-11-13-24(14-12-22)38-28(41)27-19-43-29(39-27)21-15-17-40(18-16-21)30(42)26-6-4-3-5-25(26)20-7-9-23(10-8-20)32(35,36)37/h3-14,19,21H,2,15-18H2,1H3,(H,38,41). The Morgan fingerprint density at radius 2 is 1.53 bits per heavy atom. The van der Waals surface area contributed by atoms with Gasteiger partial charge in [-0.2, -0.15) is 13.2 Å². The lowest BCUT2D eigenvalue weighted by Crippen LogP contribution is -2.38. The third-order valence-corrected chi connectivity index (χ3v) is 8.58. The number of nitrogens with one attached hydrogen (secondary N) is 1. The smallest absolute Gasteiger partial charge is 0.339 e. The number of thiazole rings is 1. The molecule has 11 heteroatoms. The summed E-state index contributed by atoms with van der Waals surface area (Å²) in [6.45, 7) is 2.32. The molecule has 0 saturated carbocycles. The molecule has 0 bridgehead atoms. The number of alkyl halides is 5. The van der Waals surface area contributed by atoms with E-state index < -0.39 is 23.6 Å². The van der Waals surface area contributed by atoms with Gasteiger partial charge in [-0.1, -0.05) is 49.4 Å². The first-order valence-electron chi connectivity index (χ1n) is 13.8. The minimum Gasteiger partial charge on any atom is -0.339 e. The fourth-order valence-electron chi connectivity index (χ4n) is 5.04. The van der Waals surface area contributed by atoms with Crippen LogP contribution in [0.15, 0.2) is 78.2 Å². The Morgan fingerprint density at radius 3 is 2.16 bits per heavy atom. The van der Waals surface area contributed by atoms with E-state index in [4.69, 9.17) is 0 Å². The van der Waals surface area contributed by atoms with Crippen molar-refractivity contribution in [3.05, 3.63) is 106 Å². The maximum absolute atomic E-state index is 13.9. The van der Waals surface area contributed by atoms with Gasteiger partial charge in [0.1, 0.15) is 5.69 Å². The highest BCUT2D eigenvalue weighted by atomic mass is 32.1. The first-order chi connectivity index (χ1) is 20.5. The van der Waals surface area contributed by atoms with Crippen molar-refractivity contribution in [1.82, 2.24) is 9.88 Å². The zero-order valence-electron chi connectivity index (χ0n) is 23.1. The zero-order chi connectivity index (χ0) is 30.8. The molecule has 5 nitrogen and oxygen atoms in total. The summed E-state index contributed by atoms with van der Waals surface area (Å²) in [5.74, 6) is -3.51. The molecule has 1 aromatic heterocycles. The summed E-state index contributed by atoms with van der Waals surface area (Å²) in [6, 6.07) is 17.1. The average molecular weight is 614 g/mol. The fourth-order valence-corrected chi connectivity index (χ4v) is 6.01. The molecule has 1 aliphatic heterocycles. The number of hydrogen-bond acceptors (Lipinski definition) is 4. The van der Waals surface area contributed by atoms with Crippen LogP contribution in [0.1, 0.15) is 69.1 Å². The van der Waals surface area contributed by atoms with Crippen molar-refractivity contribution in [2.45, 2.75) is 44.2 Å². The van der Waals surface area contributed by atoms with Crippen LogP contribution >= 0.6 is 11.3 Å². The van der Waals surface area contributed by atoms with E-state index >= 15 is 0 Å². The van der Waals surface area contributed by atoms with Crippen molar-refractivity contribution in [3.63, 3.8) is 0 Å². The van der Waals surface area contributed by atoms with Crippen molar-refractivity contribution >= 4 is 28.8 Å². The molecule has 0 unspecified atom stereocenters. The van der Waals surface area contributed by atoms with Gasteiger partial charge in [-0.05, 0) is 54.3 Å². The van der Waals surface area contributed by atoms with Crippen LogP contribution < -0.4 is 5.32 Å². The van der Waals surface area contributed by atoms with Gasteiger partial charge in [0.25, 0.3) is 17.7 Å². The number of nitrogens with zero attached hydrogens (tertiary/aromatic N) is 2. The van der Waals surface area contributed by atoms with Crippen LogP contribution in [-0.2, 0) is 12.1 Å².